The zero-order valence-corrected chi connectivity index (χ0v) is 16.9. The van der Waals surface area contributed by atoms with Gasteiger partial charge < -0.3 is 4.98 Å². The molecule has 0 radical (unpaired) electrons. The number of H-pyrrole nitrogens is 1. The number of fused-ring (bicyclic) bond motifs is 1. The molecule has 1 aromatic heterocycles. The number of aromatic nitrogens is 2. The van der Waals surface area contributed by atoms with Gasteiger partial charge in [-0.3, -0.25) is 14.8 Å². The molecule has 1 heterocycles. The van der Waals surface area contributed by atoms with Crippen LogP contribution in [0.4, 0.5) is 0 Å². The number of rotatable bonds is 6. The number of amides is 1. The maximum Gasteiger partial charge on any atom is 0.267 e. The van der Waals surface area contributed by atoms with Crippen molar-refractivity contribution in [3.8, 4) is 11.1 Å². The summed E-state index contributed by atoms with van der Waals surface area (Å²) in [5, 5.41) is 8.52. The Labute approximate surface area is 179 Å². The molecule has 6 heteroatoms. The number of Topliss-reactive ketones (excluding diaryl/α,β-unsaturated/α-hetero) is 1. The molecule has 0 bridgehead atoms. The fourth-order valence-electron chi connectivity index (χ4n) is 3.37. The Kier molecular flexibility index (Phi) is 5.73. The molecule has 0 saturated heterocycles. The normalized spacial score (nSPS) is 11.2. The largest absolute Gasteiger partial charge is 0.342 e. The van der Waals surface area contributed by atoms with Crippen molar-refractivity contribution in [2.75, 3.05) is 0 Å². The number of hydroxylamine groups is 1. The highest BCUT2D eigenvalue weighted by molar-refractivity contribution is 5.94. The molecular formula is C25H21N3O3. The molecule has 3 N–H and O–H groups in total. The quantitative estimate of drug-likeness (QED) is 0.188. The van der Waals surface area contributed by atoms with Crippen LogP contribution in [-0.2, 0) is 11.2 Å². The van der Waals surface area contributed by atoms with Crippen molar-refractivity contribution in [2.24, 2.45) is 0 Å². The molecule has 154 valence electrons. The second-order valence-electron chi connectivity index (χ2n) is 7.28. The second-order valence-corrected chi connectivity index (χ2v) is 7.28. The fraction of sp³-hybridized carbons (Fsp3) is 0.0800. The van der Waals surface area contributed by atoms with E-state index in [1.807, 2.05) is 60.7 Å². The van der Waals surface area contributed by atoms with Crippen LogP contribution in [0.1, 0.15) is 34.2 Å². The van der Waals surface area contributed by atoms with E-state index in [0.29, 0.717) is 12.0 Å². The minimum atomic E-state index is -0.569. The molecule has 0 aliphatic heterocycles. The minimum absolute atomic E-state index is 0.0555. The number of hydrogen-bond donors (Lipinski definition) is 3. The van der Waals surface area contributed by atoms with Gasteiger partial charge in [0, 0.05) is 18.1 Å². The number of ketones is 1. The summed E-state index contributed by atoms with van der Waals surface area (Å²) >= 11 is 0. The van der Waals surface area contributed by atoms with Crippen molar-refractivity contribution in [3.63, 3.8) is 0 Å². The lowest BCUT2D eigenvalue weighted by Gasteiger charge is -2.03. The topological polar surface area (TPSA) is 95.1 Å². The van der Waals surface area contributed by atoms with Gasteiger partial charge in [-0.15, -0.1) is 0 Å². The maximum atomic E-state index is 11.5. The fourth-order valence-corrected chi connectivity index (χ4v) is 3.37. The highest BCUT2D eigenvalue weighted by Crippen LogP contribution is 2.24. The van der Waals surface area contributed by atoms with Gasteiger partial charge in [-0.1, -0.05) is 54.6 Å². The SMILES string of the molecule is CC(=O)c1ccc(-c2ccc3nc(Cc4ccc(C=CC(=O)NO)cc4)[nH]c3c2)cc1. The van der Waals surface area contributed by atoms with Crippen LogP contribution in [0.2, 0.25) is 0 Å². The van der Waals surface area contributed by atoms with Crippen LogP contribution in [0.5, 0.6) is 0 Å². The van der Waals surface area contributed by atoms with Gasteiger partial charge in [0.1, 0.15) is 5.82 Å². The number of nitrogens with one attached hydrogen (secondary N) is 2. The van der Waals surface area contributed by atoms with E-state index < -0.39 is 5.91 Å². The average Bonchev–Trinajstić information content (AvgIpc) is 3.19. The Hall–Kier alpha value is -4.03. The second kappa shape index (κ2) is 8.77. The third-order valence-electron chi connectivity index (χ3n) is 5.04. The van der Waals surface area contributed by atoms with Crippen molar-refractivity contribution in [1.29, 1.82) is 0 Å². The molecule has 3 aromatic carbocycles. The first kappa shape index (κ1) is 20.3. The van der Waals surface area contributed by atoms with E-state index in [1.54, 1.807) is 18.5 Å². The van der Waals surface area contributed by atoms with Crippen molar-refractivity contribution in [2.45, 2.75) is 13.3 Å². The molecule has 4 aromatic rings. The smallest absolute Gasteiger partial charge is 0.267 e. The molecule has 4 rings (SSSR count). The summed E-state index contributed by atoms with van der Waals surface area (Å²) in [4.78, 5) is 30.6. The predicted molar refractivity (Wildman–Crippen MR) is 120 cm³/mol. The molecule has 0 spiro atoms. The molecule has 0 atom stereocenters. The van der Waals surface area contributed by atoms with Gasteiger partial charge in [0.15, 0.2) is 5.78 Å². The lowest BCUT2D eigenvalue weighted by atomic mass is 10.0. The average molecular weight is 411 g/mol. The van der Waals surface area contributed by atoms with Gasteiger partial charge in [0.2, 0.25) is 0 Å². The Balaban J connectivity index is 1.51. The number of carbonyl (C=O) groups excluding carboxylic acids is 2. The minimum Gasteiger partial charge on any atom is -0.342 e. The van der Waals surface area contributed by atoms with Crippen LogP contribution in [0.3, 0.4) is 0 Å². The van der Waals surface area contributed by atoms with Gasteiger partial charge in [-0.05, 0) is 47.4 Å². The van der Waals surface area contributed by atoms with E-state index in [4.69, 9.17) is 5.21 Å². The van der Waals surface area contributed by atoms with E-state index in [-0.39, 0.29) is 5.78 Å². The van der Waals surface area contributed by atoms with Crippen LogP contribution < -0.4 is 5.48 Å². The number of aromatic amines is 1. The highest BCUT2D eigenvalue weighted by atomic mass is 16.5. The highest BCUT2D eigenvalue weighted by Gasteiger charge is 2.07. The van der Waals surface area contributed by atoms with E-state index in [2.05, 4.69) is 16.0 Å². The lowest BCUT2D eigenvalue weighted by Crippen LogP contribution is -2.14. The first-order valence-corrected chi connectivity index (χ1v) is 9.83. The Morgan fingerprint density at radius 3 is 2.39 bits per heavy atom. The van der Waals surface area contributed by atoms with Crippen LogP contribution in [-0.4, -0.2) is 26.9 Å². The van der Waals surface area contributed by atoms with E-state index in [0.717, 1.165) is 39.1 Å². The zero-order chi connectivity index (χ0) is 21.8. The molecule has 0 fully saturated rings. The first-order valence-electron chi connectivity index (χ1n) is 9.83. The Bertz CT molecular complexity index is 1270. The van der Waals surface area contributed by atoms with Crippen molar-refractivity contribution < 1.29 is 14.8 Å². The van der Waals surface area contributed by atoms with E-state index in [9.17, 15) is 9.59 Å². The summed E-state index contributed by atoms with van der Waals surface area (Å²) in [6.45, 7) is 1.56. The zero-order valence-electron chi connectivity index (χ0n) is 16.9. The predicted octanol–water partition coefficient (Wildman–Crippen LogP) is 4.54. The summed E-state index contributed by atoms with van der Waals surface area (Å²) < 4.78 is 0. The summed E-state index contributed by atoms with van der Waals surface area (Å²) in [6, 6.07) is 21.4. The third-order valence-corrected chi connectivity index (χ3v) is 5.04. The summed E-state index contributed by atoms with van der Waals surface area (Å²) in [5.74, 6) is 0.350. The number of carbonyl (C=O) groups is 2. The molecule has 0 unspecified atom stereocenters. The maximum absolute atomic E-state index is 11.5. The van der Waals surface area contributed by atoms with E-state index >= 15 is 0 Å². The number of imidazole rings is 1. The van der Waals surface area contributed by atoms with Crippen LogP contribution in [0.25, 0.3) is 28.2 Å². The molecular weight excluding hydrogens is 390 g/mol. The van der Waals surface area contributed by atoms with Gasteiger partial charge in [-0.25, -0.2) is 10.5 Å². The number of hydrogen-bond acceptors (Lipinski definition) is 4. The van der Waals surface area contributed by atoms with Crippen molar-refractivity contribution in [1.82, 2.24) is 15.4 Å². The molecule has 6 nitrogen and oxygen atoms in total. The van der Waals surface area contributed by atoms with Gasteiger partial charge in [0.05, 0.1) is 11.0 Å². The van der Waals surface area contributed by atoms with E-state index in [1.165, 1.54) is 6.08 Å². The Morgan fingerprint density at radius 2 is 1.71 bits per heavy atom. The van der Waals surface area contributed by atoms with Crippen LogP contribution >= 0.6 is 0 Å². The number of nitrogens with zero attached hydrogens (tertiary/aromatic N) is 1. The van der Waals surface area contributed by atoms with Crippen LogP contribution in [0.15, 0.2) is 72.8 Å². The van der Waals surface area contributed by atoms with Crippen molar-refractivity contribution in [3.05, 3.63) is 95.3 Å². The summed E-state index contributed by atoms with van der Waals surface area (Å²) in [6.07, 6.45) is 3.54. The summed E-state index contributed by atoms with van der Waals surface area (Å²) in [7, 11) is 0. The van der Waals surface area contributed by atoms with Gasteiger partial charge in [-0.2, -0.15) is 0 Å². The van der Waals surface area contributed by atoms with Crippen LogP contribution in [0, 0.1) is 0 Å². The molecule has 1 amide bonds. The summed E-state index contributed by atoms with van der Waals surface area (Å²) in [5.41, 5.74) is 8.16. The molecule has 0 aliphatic rings. The Morgan fingerprint density at radius 1 is 1.00 bits per heavy atom. The van der Waals surface area contributed by atoms with Crippen molar-refractivity contribution >= 4 is 28.8 Å². The molecule has 31 heavy (non-hydrogen) atoms. The van der Waals surface area contributed by atoms with Gasteiger partial charge in [0.25, 0.3) is 5.91 Å². The monoisotopic (exact) mass is 411 g/mol. The number of benzene rings is 3. The van der Waals surface area contributed by atoms with Gasteiger partial charge >= 0.3 is 0 Å². The molecule has 0 saturated carbocycles. The lowest BCUT2D eigenvalue weighted by molar-refractivity contribution is -0.124. The standard InChI is InChI=1S/C25H21N3O3/c1-16(29)19-7-9-20(10-8-19)21-11-12-22-23(15-21)27-24(26-22)14-18-4-2-17(3-5-18)6-13-25(30)28-31/h2-13,15,31H,14H2,1H3,(H,26,27)(H,28,30). The third kappa shape index (κ3) is 4.76. The first-order chi connectivity index (χ1) is 15.0. The molecule has 0 aliphatic carbocycles.